The van der Waals surface area contributed by atoms with Gasteiger partial charge in [-0.3, -0.25) is 4.79 Å². The van der Waals surface area contributed by atoms with Gasteiger partial charge in [0.25, 0.3) is 0 Å². The van der Waals surface area contributed by atoms with Crippen LogP contribution in [0.25, 0.3) is 11.3 Å². The highest BCUT2D eigenvalue weighted by molar-refractivity contribution is 6.31. The summed E-state index contributed by atoms with van der Waals surface area (Å²) in [6.45, 7) is 6.59. The number of alkyl halides is 3. The lowest BCUT2D eigenvalue weighted by Gasteiger charge is -2.19. The molecule has 0 aliphatic rings. The number of aromatic nitrogens is 2. The third-order valence-corrected chi connectivity index (χ3v) is 3.87. The topological polar surface area (TPSA) is 57.8 Å². The molecule has 2 heterocycles. The molecule has 2 N–H and O–H groups in total. The van der Waals surface area contributed by atoms with E-state index in [0.717, 1.165) is 12.3 Å². The van der Waals surface area contributed by atoms with Crippen molar-refractivity contribution in [1.82, 2.24) is 9.97 Å². The summed E-state index contributed by atoms with van der Waals surface area (Å²) in [7, 11) is 0. The van der Waals surface area contributed by atoms with E-state index in [4.69, 9.17) is 11.6 Å². The van der Waals surface area contributed by atoms with Gasteiger partial charge in [-0.25, -0.2) is 4.98 Å². The Balaban J connectivity index is 2.51. The van der Waals surface area contributed by atoms with E-state index in [9.17, 15) is 18.0 Å². The molecule has 2 aromatic rings. The Bertz CT molecular complexity index is 776. The van der Waals surface area contributed by atoms with Crippen LogP contribution in [0, 0.1) is 12.3 Å². The summed E-state index contributed by atoms with van der Waals surface area (Å²) in [5.74, 6) is -0.573. The standard InChI is InChI=1S/C16H17ClF3N3O/c1-8-11(17)7-22-13(8)9-6-21-12(5-10(9)16(18,19)20)23-14(24)15(2,3)4/h5-7,22H,1-4H3,(H,21,23,24). The number of carbonyl (C=O) groups is 1. The van der Waals surface area contributed by atoms with E-state index in [-0.39, 0.29) is 17.1 Å². The molecule has 2 rings (SSSR count). The van der Waals surface area contributed by atoms with Crippen molar-refractivity contribution in [1.29, 1.82) is 0 Å². The van der Waals surface area contributed by atoms with Crippen molar-refractivity contribution in [3.05, 3.63) is 34.6 Å². The number of nitrogens with zero attached hydrogens (tertiary/aromatic N) is 1. The first-order valence-corrected chi connectivity index (χ1v) is 7.51. The first-order chi connectivity index (χ1) is 10.9. The monoisotopic (exact) mass is 359 g/mol. The van der Waals surface area contributed by atoms with Gasteiger partial charge in [0.15, 0.2) is 0 Å². The Morgan fingerprint density at radius 3 is 2.38 bits per heavy atom. The predicted molar refractivity (Wildman–Crippen MR) is 86.9 cm³/mol. The second-order valence-electron chi connectivity index (χ2n) is 6.45. The molecular weight excluding hydrogens is 343 g/mol. The van der Waals surface area contributed by atoms with Gasteiger partial charge in [-0.15, -0.1) is 0 Å². The second-order valence-corrected chi connectivity index (χ2v) is 6.86. The number of anilines is 1. The van der Waals surface area contributed by atoms with Crippen molar-refractivity contribution in [2.75, 3.05) is 5.32 Å². The number of halogens is 4. The number of aromatic amines is 1. The van der Waals surface area contributed by atoms with Gasteiger partial charge in [0.1, 0.15) is 5.82 Å². The van der Waals surface area contributed by atoms with Gasteiger partial charge in [0.05, 0.1) is 16.3 Å². The van der Waals surface area contributed by atoms with Crippen LogP contribution in [-0.4, -0.2) is 15.9 Å². The molecule has 0 bridgehead atoms. The van der Waals surface area contributed by atoms with Gasteiger partial charge in [-0.2, -0.15) is 13.2 Å². The number of amides is 1. The minimum atomic E-state index is -4.61. The largest absolute Gasteiger partial charge is 0.417 e. The molecule has 4 nitrogen and oxygen atoms in total. The van der Waals surface area contributed by atoms with Crippen LogP contribution < -0.4 is 5.32 Å². The molecule has 0 spiro atoms. The van der Waals surface area contributed by atoms with Crippen molar-refractivity contribution in [3.8, 4) is 11.3 Å². The molecule has 0 aliphatic heterocycles. The van der Waals surface area contributed by atoms with Crippen molar-refractivity contribution in [2.45, 2.75) is 33.9 Å². The molecule has 0 unspecified atom stereocenters. The molecule has 8 heteroatoms. The summed E-state index contributed by atoms with van der Waals surface area (Å²) in [4.78, 5) is 18.6. The lowest BCUT2D eigenvalue weighted by Crippen LogP contribution is -2.28. The Labute approximate surface area is 142 Å². The fraction of sp³-hybridized carbons (Fsp3) is 0.375. The van der Waals surface area contributed by atoms with Crippen LogP contribution in [0.2, 0.25) is 5.02 Å². The third-order valence-electron chi connectivity index (χ3n) is 3.48. The van der Waals surface area contributed by atoms with E-state index in [0.29, 0.717) is 10.6 Å². The van der Waals surface area contributed by atoms with Gasteiger partial charge >= 0.3 is 6.18 Å². The number of H-pyrrole nitrogens is 1. The first kappa shape index (κ1) is 18.3. The zero-order chi connectivity index (χ0) is 18.3. The number of pyridine rings is 1. The highest BCUT2D eigenvalue weighted by Gasteiger charge is 2.35. The summed E-state index contributed by atoms with van der Waals surface area (Å²) in [6.07, 6.45) is -2.11. The van der Waals surface area contributed by atoms with Crippen LogP contribution in [0.5, 0.6) is 0 Å². The lowest BCUT2D eigenvalue weighted by molar-refractivity contribution is -0.137. The van der Waals surface area contributed by atoms with Gasteiger partial charge in [-0.1, -0.05) is 32.4 Å². The Kier molecular flexibility index (Phi) is 4.68. The van der Waals surface area contributed by atoms with E-state index in [1.807, 2.05) is 0 Å². The van der Waals surface area contributed by atoms with Gasteiger partial charge in [0, 0.05) is 23.4 Å². The highest BCUT2D eigenvalue weighted by Crippen LogP contribution is 2.39. The molecule has 0 atom stereocenters. The van der Waals surface area contributed by atoms with Crippen LogP contribution in [0.3, 0.4) is 0 Å². The first-order valence-electron chi connectivity index (χ1n) is 7.14. The van der Waals surface area contributed by atoms with Crippen LogP contribution in [0.1, 0.15) is 31.9 Å². The molecular formula is C16H17ClF3N3O. The van der Waals surface area contributed by atoms with Crippen molar-refractivity contribution in [2.24, 2.45) is 5.41 Å². The van der Waals surface area contributed by atoms with Crippen LogP contribution >= 0.6 is 11.6 Å². The lowest BCUT2D eigenvalue weighted by atomic mass is 9.95. The molecule has 1 amide bonds. The van der Waals surface area contributed by atoms with E-state index in [1.165, 1.54) is 6.20 Å². The van der Waals surface area contributed by atoms with Crippen molar-refractivity contribution >= 4 is 23.3 Å². The number of carbonyl (C=O) groups excluding carboxylic acids is 1. The average Bonchev–Trinajstić information content (AvgIpc) is 2.77. The van der Waals surface area contributed by atoms with E-state index in [1.54, 1.807) is 27.7 Å². The number of hydrogen-bond donors (Lipinski definition) is 2. The highest BCUT2D eigenvalue weighted by atomic mass is 35.5. The third kappa shape index (κ3) is 3.72. The number of hydrogen-bond acceptors (Lipinski definition) is 2. The van der Waals surface area contributed by atoms with Crippen molar-refractivity contribution < 1.29 is 18.0 Å². The van der Waals surface area contributed by atoms with Gasteiger partial charge < -0.3 is 10.3 Å². The number of rotatable bonds is 2. The zero-order valence-electron chi connectivity index (χ0n) is 13.6. The molecule has 130 valence electrons. The zero-order valence-corrected chi connectivity index (χ0v) is 14.4. The van der Waals surface area contributed by atoms with Gasteiger partial charge in [-0.05, 0) is 18.6 Å². The summed E-state index contributed by atoms with van der Waals surface area (Å²) in [6, 6.07) is 0.827. The molecule has 0 aromatic carbocycles. The maximum Gasteiger partial charge on any atom is 0.417 e. The fourth-order valence-electron chi connectivity index (χ4n) is 2.01. The Morgan fingerprint density at radius 2 is 1.92 bits per heavy atom. The SMILES string of the molecule is Cc1c(Cl)c[nH]c1-c1cnc(NC(=O)C(C)(C)C)cc1C(F)(F)F. The maximum absolute atomic E-state index is 13.4. The average molecular weight is 360 g/mol. The van der Waals surface area contributed by atoms with E-state index in [2.05, 4.69) is 15.3 Å². The fourth-order valence-corrected chi connectivity index (χ4v) is 2.16. The quantitative estimate of drug-likeness (QED) is 0.789. The summed E-state index contributed by atoms with van der Waals surface area (Å²) < 4.78 is 40.3. The molecule has 24 heavy (non-hydrogen) atoms. The van der Waals surface area contributed by atoms with Crippen LogP contribution in [0.15, 0.2) is 18.5 Å². The Hall–Kier alpha value is -2.02. The van der Waals surface area contributed by atoms with E-state index >= 15 is 0 Å². The smallest absolute Gasteiger partial charge is 0.359 e. The summed E-state index contributed by atoms with van der Waals surface area (Å²) in [5.41, 5.74) is -1.03. The minimum absolute atomic E-state index is 0.124. The molecule has 0 fully saturated rings. The maximum atomic E-state index is 13.4. The van der Waals surface area contributed by atoms with Crippen LogP contribution in [0.4, 0.5) is 19.0 Å². The molecule has 2 aromatic heterocycles. The molecule has 0 saturated heterocycles. The van der Waals surface area contributed by atoms with Crippen molar-refractivity contribution in [3.63, 3.8) is 0 Å². The molecule has 0 saturated carbocycles. The summed E-state index contributed by atoms with van der Waals surface area (Å²) in [5, 5.41) is 2.74. The summed E-state index contributed by atoms with van der Waals surface area (Å²) >= 11 is 5.91. The Morgan fingerprint density at radius 1 is 1.29 bits per heavy atom. The van der Waals surface area contributed by atoms with Crippen LogP contribution in [-0.2, 0) is 11.0 Å². The number of nitrogens with one attached hydrogen (secondary N) is 2. The van der Waals surface area contributed by atoms with Gasteiger partial charge in [0.2, 0.25) is 5.91 Å². The minimum Gasteiger partial charge on any atom is -0.359 e. The predicted octanol–water partition coefficient (Wildman–Crippen LogP) is 5.04. The second kappa shape index (κ2) is 6.12. The normalized spacial score (nSPS) is 12.3. The van der Waals surface area contributed by atoms with E-state index < -0.39 is 23.1 Å². The molecule has 0 aliphatic carbocycles. The molecule has 0 radical (unpaired) electrons.